The number of thioether (sulfide) groups is 1. The van der Waals surface area contributed by atoms with Crippen LogP contribution in [0.2, 0.25) is 0 Å². The van der Waals surface area contributed by atoms with Crippen molar-refractivity contribution in [3.63, 3.8) is 0 Å². The highest BCUT2D eigenvalue weighted by molar-refractivity contribution is 7.98. The minimum atomic E-state index is -1.10. The van der Waals surface area contributed by atoms with Gasteiger partial charge in [0, 0.05) is 0 Å². The van der Waals surface area contributed by atoms with Crippen LogP contribution in [-0.2, 0) is 14.4 Å². The van der Waals surface area contributed by atoms with E-state index in [9.17, 15) is 14.4 Å². The van der Waals surface area contributed by atoms with Gasteiger partial charge in [0.05, 0.1) is 6.04 Å². The number of nitrogens with two attached hydrogens (primary N) is 2. The highest BCUT2D eigenvalue weighted by Crippen LogP contribution is 2.05. The van der Waals surface area contributed by atoms with Gasteiger partial charge in [-0.2, -0.15) is 11.8 Å². The molecule has 0 aliphatic carbocycles. The van der Waals surface area contributed by atoms with Crippen LogP contribution in [0.25, 0.3) is 0 Å². The van der Waals surface area contributed by atoms with Crippen molar-refractivity contribution in [3.8, 4) is 0 Å². The van der Waals surface area contributed by atoms with Crippen LogP contribution < -0.4 is 16.8 Å². The molecule has 0 aromatic heterocycles. The summed E-state index contributed by atoms with van der Waals surface area (Å²) in [4.78, 5) is 33.3. The molecule has 1 amide bonds. The number of carboxylic acids is 2. The summed E-state index contributed by atoms with van der Waals surface area (Å²) < 4.78 is 0. The number of hydrogen-bond acceptors (Lipinski definition) is 6. The van der Waals surface area contributed by atoms with Crippen LogP contribution in [0, 0.1) is 0 Å². The lowest BCUT2D eigenvalue weighted by atomic mass is 10.1. The molecule has 9 heteroatoms. The minimum absolute atomic E-state index is 0.213. The third-order valence-electron chi connectivity index (χ3n) is 2.91. The van der Waals surface area contributed by atoms with Gasteiger partial charge >= 0.3 is 11.9 Å². The molecule has 0 aromatic carbocycles. The van der Waals surface area contributed by atoms with Gasteiger partial charge in [0.1, 0.15) is 12.1 Å². The summed E-state index contributed by atoms with van der Waals surface area (Å²) in [5, 5.41) is 20.0. The Morgan fingerprint density at radius 1 is 1.05 bits per heavy atom. The van der Waals surface area contributed by atoms with Gasteiger partial charge in [-0.05, 0) is 37.7 Å². The van der Waals surface area contributed by atoms with Crippen LogP contribution in [-0.4, -0.2) is 58.2 Å². The van der Waals surface area contributed by atoms with Crippen molar-refractivity contribution < 1.29 is 24.6 Å². The topological polar surface area (TPSA) is 156 Å². The van der Waals surface area contributed by atoms with Gasteiger partial charge in [-0.25, -0.2) is 4.79 Å². The molecule has 0 aliphatic rings. The van der Waals surface area contributed by atoms with Crippen molar-refractivity contribution >= 4 is 29.6 Å². The van der Waals surface area contributed by atoms with Crippen molar-refractivity contribution in [1.29, 1.82) is 0 Å². The second kappa shape index (κ2) is 10.4. The number of carboxylic acid groups (broad SMARTS) is 2. The highest BCUT2D eigenvalue weighted by Gasteiger charge is 2.23. The number of nitrogens with one attached hydrogen (secondary N) is 1. The van der Waals surface area contributed by atoms with Gasteiger partial charge in [-0.3, -0.25) is 9.59 Å². The molecule has 122 valence electrons. The smallest absolute Gasteiger partial charge is 0.326 e. The molecular formula is C12H23N3O5S. The first-order valence-corrected chi connectivity index (χ1v) is 7.95. The monoisotopic (exact) mass is 321 g/mol. The third-order valence-corrected chi connectivity index (χ3v) is 3.55. The molecule has 0 spiro atoms. The van der Waals surface area contributed by atoms with Crippen LogP contribution in [0.3, 0.4) is 0 Å². The summed E-state index contributed by atoms with van der Waals surface area (Å²) in [5.41, 5.74) is 11.0. The first kappa shape index (κ1) is 19.7. The van der Waals surface area contributed by atoms with Gasteiger partial charge in [0.2, 0.25) is 5.91 Å². The maximum Gasteiger partial charge on any atom is 0.326 e. The zero-order valence-electron chi connectivity index (χ0n) is 11.9. The second-order valence-corrected chi connectivity index (χ2v) is 5.65. The molecule has 1 unspecified atom stereocenters. The first-order chi connectivity index (χ1) is 9.79. The van der Waals surface area contributed by atoms with Crippen LogP contribution in [0.1, 0.15) is 25.7 Å². The van der Waals surface area contributed by atoms with Gasteiger partial charge in [0.15, 0.2) is 0 Å². The number of aliphatic carboxylic acids is 2. The second-order valence-electron chi connectivity index (χ2n) is 4.66. The largest absolute Gasteiger partial charge is 0.480 e. The number of rotatable bonds is 11. The number of carbonyl (C=O) groups excluding carboxylic acids is 1. The Labute approximate surface area is 127 Å². The molecule has 0 heterocycles. The van der Waals surface area contributed by atoms with E-state index in [0.717, 1.165) is 0 Å². The van der Waals surface area contributed by atoms with Crippen molar-refractivity contribution in [2.24, 2.45) is 11.5 Å². The standard InChI is InChI=1S/C12H23N3O5S/c1-21-6-5-9(12(19)20)15-10(16)7(13)3-2-4-8(14)11(17)18/h7-9H,2-6,13-14H2,1H3,(H,15,16)(H,17,18)(H,19,20)/t7?,8-,9-/m0/s1. The predicted molar refractivity (Wildman–Crippen MR) is 80.0 cm³/mol. The Morgan fingerprint density at radius 2 is 1.62 bits per heavy atom. The quantitative estimate of drug-likeness (QED) is 0.332. The summed E-state index contributed by atoms with van der Waals surface area (Å²) in [6, 6.07) is -2.81. The van der Waals surface area contributed by atoms with Crippen molar-refractivity contribution in [2.75, 3.05) is 12.0 Å². The molecule has 0 aliphatic heterocycles. The maximum absolute atomic E-state index is 11.8. The van der Waals surface area contributed by atoms with Crippen LogP contribution >= 0.6 is 11.8 Å². The first-order valence-electron chi connectivity index (χ1n) is 6.55. The van der Waals surface area contributed by atoms with Crippen molar-refractivity contribution in [1.82, 2.24) is 5.32 Å². The molecule has 0 saturated carbocycles. The summed E-state index contributed by atoms with van der Waals surface area (Å²) in [5.74, 6) is -2.14. The minimum Gasteiger partial charge on any atom is -0.480 e. The van der Waals surface area contributed by atoms with E-state index < -0.39 is 36.0 Å². The lowest BCUT2D eigenvalue weighted by molar-refractivity contribution is -0.142. The van der Waals surface area contributed by atoms with E-state index in [1.807, 2.05) is 6.26 Å². The predicted octanol–water partition coefficient (Wildman–Crippen LogP) is -0.782. The number of carbonyl (C=O) groups is 3. The van der Waals surface area contributed by atoms with Gasteiger partial charge in [-0.15, -0.1) is 0 Å². The van der Waals surface area contributed by atoms with Gasteiger partial charge in [0.25, 0.3) is 0 Å². The SMILES string of the molecule is CSCC[C@H](NC(=O)C(N)CCC[C@H](N)C(=O)O)C(=O)O. The number of hydrogen-bond donors (Lipinski definition) is 5. The molecule has 0 fully saturated rings. The van der Waals surface area contributed by atoms with Crippen LogP contribution in [0.15, 0.2) is 0 Å². The fraction of sp³-hybridized carbons (Fsp3) is 0.750. The Hall–Kier alpha value is -1.32. The summed E-state index contributed by atoms with van der Waals surface area (Å²) in [6.07, 6.45) is 3.01. The third kappa shape index (κ3) is 8.53. The average molecular weight is 321 g/mol. The average Bonchev–Trinajstić information content (AvgIpc) is 2.42. The van der Waals surface area contributed by atoms with Gasteiger partial charge < -0.3 is 27.0 Å². The van der Waals surface area contributed by atoms with E-state index >= 15 is 0 Å². The molecule has 0 radical (unpaired) electrons. The van der Waals surface area contributed by atoms with Crippen molar-refractivity contribution in [2.45, 2.75) is 43.8 Å². The highest BCUT2D eigenvalue weighted by atomic mass is 32.2. The van der Waals surface area contributed by atoms with E-state index in [1.165, 1.54) is 11.8 Å². The Kier molecular flexibility index (Phi) is 9.76. The molecular weight excluding hydrogens is 298 g/mol. The van der Waals surface area contributed by atoms with Crippen LogP contribution in [0.4, 0.5) is 0 Å². The fourth-order valence-electron chi connectivity index (χ4n) is 1.58. The zero-order valence-corrected chi connectivity index (χ0v) is 12.8. The summed E-state index contributed by atoms with van der Waals surface area (Å²) >= 11 is 1.49. The molecule has 8 nitrogen and oxygen atoms in total. The molecule has 7 N–H and O–H groups in total. The molecule has 0 bridgehead atoms. The fourth-order valence-corrected chi connectivity index (χ4v) is 2.06. The van der Waals surface area contributed by atoms with E-state index in [2.05, 4.69) is 5.32 Å². The zero-order chi connectivity index (χ0) is 16.4. The summed E-state index contributed by atoms with van der Waals surface area (Å²) in [7, 11) is 0. The van der Waals surface area contributed by atoms with E-state index in [-0.39, 0.29) is 12.8 Å². The lowest BCUT2D eigenvalue weighted by Crippen LogP contribution is -2.48. The lowest BCUT2D eigenvalue weighted by Gasteiger charge is -2.17. The molecule has 21 heavy (non-hydrogen) atoms. The normalized spacial score (nSPS) is 15.0. The molecule has 3 atom stereocenters. The van der Waals surface area contributed by atoms with Crippen molar-refractivity contribution in [3.05, 3.63) is 0 Å². The number of amides is 1. The molecule has 0 saturated heterocycles. The Balaban J connectivity index is 4.17. The summed E-state index contributed by atoms with van der Waals surface area (Å²) in [6.45, 7) is 0. The van der Waals surface area contributed by atoms with Gasteiger partial charge in [-0.1, -0.05) is 0 Å². The van der Waals surface area contributed by atoms with E-state index in [4.69, 9.17) is 21.7 Å². The van der Waals surface area contributed by atoms with E-state index in [1.54, 1.807) is 0 Å². The Morgan fingerprint density at radius 3 is 2.10 bits per heavy atom. The molecule has 0 rings (SSSR count). The maximum atomic E-state index is 11.8. The Bertz CT molecular complexity index is 367. The van der Waals surface area contributed by atoms with E-state index in [0.29, 0.717) is 18.6 Å². The van der Waals surface area contributed by atoms with Crippen LogP contribution in [0.5, 0.6) is 0 Å². The molecule has 0 aromatic rings.